The fourth-order valence-corrected chi connectivity index (χ4v) is 1.36. The smallest absolute Gasteiger partial charge is 0.142 e. The summed E-state index contributed by atoms with van der Waals surface area (Å²) in [7, 11) is 0. The molecule has 2 rings (SSSR count). The average Bonchev–Trinajstić information content (AvgIpc) is 3.09. The van der Waals surface area contributed by atoms with Crippen LogP contribution in [0.1, 0.15) is 30.9 Å². The lowest BCUT2D eigenvalue weighted by atomic mass is 10.1. The second-order valence-electron chi connectivity index (χ2n) is 4.04. The van der Waals surface area contributed by atoms with Crippen LogP contribution in [0.25, 0.3) is 0 Å². The van der Waals surface area contributed by atoms with Gasteiger partial charge >= 0.3 is 0 Å². The zero-order valence-corrected chi connectivity index (χ0v) is 9.15. The SMILES string of the molecule is CCc1ccc(CON=CC2CC2)cc1. The van der Waals surface area contributed by atoms with E-state index in [-0.39, 0.29) is 0 Å². The third-order valence-corrected chi connectivity index (χ3v) is 2.63. The first-order valence-electron chi connectivity index (χ1n) is 5.61. The highest BCUT2D eigenvalue weighted by atomic mass is 16.6. The Morgan fingerprint density at radius 2 is 1.93 bits per heavy atom. The van der Waals surface area contributed by atoms with Crippen LogP contribution in [0.5, 0.6) is 0 Å². The largest absolute Gasteiger partial charge is 0.391 e. The molecule has 0 aromatic heterocycles. The fraction of sp³-hybridized carbons (Fsp3) is 0.462. The molecule has 0 radical (unpaired) electrons. The Hall–Kier alpha value is -1.31. The standard InChI is InChI=1S/C13H17NO/c1-2-11-3-7-13(8-4-11)10-15-14-9-12-5-6-12/h3-4,7-9,12H,2,5-6,10H2,1H3. The van der Waals surface area contributed by atoms with E-state index in [9.17, 15) is 0 Å². The maximum atomic E-state index is 5.21. The lowest BCUT2D eigenvalue weighted by molar-refractivity contribution is 0.131. The summed E-state index contributed by atoms with van der Waals surface area (Å²) in [6.45, 7) is 2.73. The van der Waals surface area contributed by atoms with Gasteiger partial charge in [-0.15, -0.1) is 0 Å². The predicted molar refractivity (Wildman–Crippen MR) is 61.8 cm³/mol. The van der Waals surface area contributed by atoms with Crippen molar-refractivity contribution in [2.45, 2.75) is 32.8 Å². The van der Waals surface area contributed by atoms with Gasteiger partial charge in [0.25, 0.3) is 0 Å². The van der Waals surface area contributed by atoms with Crippen molar-refractivity contribution in [2.24, 2.45) is 11.1 Å². The van der Waals surface area contributed by atoms with Crippen molar-refractivity contribution >= 4 is 6.21 Å². The van der Waals surface area contributed by atoms with Gasteiger partial charge in [0.1, 0.15) is 6.61 Å². The van der Waals surface area contributed by atoms with Gasteiger partial charge < -0.3 is 4.84 Å². The van der Waals surface area contributed by atoms with E-state index in [1.807, 2.05) is 6.21 Å². The zero-order chi connectivity index (χ0) is 10.5. The molecular weight excluding hydrogens is 186 g/mol. The third kappa shape index (κ3) is 3.39. The molecule has 0 spiro atoms. The first-order valence-corrected chi connectivity index (χ1v) is 5.61. The van der Waals surface area contributed by atoms with Crippen LogP contribution in [-0.4, -0.2) is 6.21 Å². The first kappa shape index (κ1) is 10.2. The van der Waals surface area contributed by atoms with Gasteiger partial charge in [-0.05, 0) is 36.3 Å². The van der Waals surface area contributed by atoms with Crippen LogP contribution in [0.2, 0.25) is 0 Å². The number of nitrogens with zero attached hydrogens (tertiary/aromatic N) is 1. The molecule has 0 unspecified atom stereocenters. The van der Waals surface area contributed by atoms with Crippen LogP contribution >= 0.6 is 0 Å². The molecule has 0 saturated heterocycles. The van der Waals surface area contributed by atoms with Gasteiger partial charge in [-0.2, -0.15) is 0 Å². The molecule has 80 valence electrons. The summed E-state index contributed by atoms with van der Waals surface area (Å²) in [6.07, 6.45) is 5.55. The van der Waals surface area contributed by atoms with Crippen molar-refractivity contribution in [2.75, 3.05) is 0 Å². The zero-order valence-electron chi connectivity index (χ0n) is 9.15. The first-order chi connectivity index (χ1) is 7.38. The van der Waals surface area contributed by atoms with Crippen molar-refractivity contribution in [3.05, 3.63) is 35.4 Å². The van der Waals surface area contributed by atoms with Crippen LogP contribution < -0.4 is 0 Å². The second kappa shape index (κ2) is 4.96. The quantitative estimate of drug-likeness (QED) is 0.532. The summed E-state index contributed by atoms with van der Waals surface area (Å²) >= 11 is 0. The second-order valence-corrected chi connectivity index (χ2v) is 4.04. The van der Waals surface area contributed by atoms with Gasteiger partial charge in [-0.25, -0.2) is 0 Å². The summed E-state index contributed by atoms with van der Waals surface area (Å²) < 4.78 is 0. The average molecular weight is 203 g/mol. The van der Waals surface area contributed by atoms with E-state index in [0.717, 1.165) is 6.42 Å². The molecule has 1 aliphatic rings. The van der Waals surface area contributed by atoms with Crippen LogP contribution in [0, 0.1) is 5.92 Å². The molecule has 0 amide bonds. The molecule has 1 aromatic rings. The minimum atomic E-state index is 0.577. The molecule has 15 heavy (non-hydrogen) atoms. The number of rotatable bonds is 5. The van der Waals surface area contributed by atoms with Gasteiger partial charge in [-0.1, -0.05) is 36.3 Å². The number of hydrogen-bond donors (Lipinski definition) is 0. The maximum Gasteiger partial charge on any atom is 0.142 e. The van der Waals surface area contributed by atoms with E-state index >= 15 is 0 Å². The van der Waals surface area contributed by atoms with Crippen LogP contribution in [0.4, 0.5) is 0 Å². The third-order valence-electron chi connectivity index (χ3n) is 2.63. The van der Waals surface area contributed by atoms with E-state index in [0.29, 0.717) is 12.5 Å². The Bertz CT molecular complexity index is 325. The summed E-state index contributed by atoms with van der Waals surface area (Å²) in [4.78, 5) is 5.21. The number of benzene rings is 1. The monoisotopic (exact) mass is 203 g/mol. The predicted octanol–water partition coefficient (Wildman–Crippen LogP) is 3.16. The Morgan fingerprint density at radius 3 is 2.53 bits per heavy atom. The topological polar surface area (TPSA) is 21.6 Å². The van der Waals surface area contributed by atoms with Crippen molar-refractivity contribution in [3.8, 4) is 0 Å². The summed E-state index contributed by atoms with van der Waals surface area (Å²) in [6, 6.07) is 8.49. The van der Waals surface area contributed by atoms with Crippen molar-refractivity contribution < 1.29 is 4.84 Å². The van der Waals surface area contributed by atoms with Gasteiger partial charge in [-0.3, -0.25) is 0 Å². The van der Waals surface area contributed by atoms with E-state index < -0.39 is 0 Å². The molecule has 0 aliphatic heterocycles. The van der Waals surface area contributed by atoms with Gasteiger partial charge in [0.15, 0.2) is 0 Å². The lowest BCUT2D eigenvalue weighted by Crippen LogP contribution is -1.89. The highest BCUT2D eigenvalue weighted by molar-refractivity contribution is 5.62. The van der Waals surface area contributed by atoms with Crippen molar-refractivity contribution in [3.63, 3.8) is 0 Å². The molecular formula is C13H17NO. The number of hydrogen-bond acceptors (Lipinski definition) is 2. The Kier molecular flexibility index (Phi) is 3.38. The highest BCUT2D eigenvalue weighted by Crippen LogP contribution is 2.26. The van der Waals surface area contributed by atoms with Gasteiger partial charge in [0.05, 0.1) is 0 Å². The Morgan fingerprint density at radius 1 is 1.27 bits per heavy atom. The minimum absolute atomic E-state index is 0.577. The van der Waals surface area contributed by atoms with Crippen LogP contribution in [0.3, 0.4) is 0 Å². The molecule has 0 heterocycles. The molecule has 0 bridgehead atoms. The molecule has 1 fully saturated rings. The Balaban J connectivity index is 1.77. The molecule has 0 N–H and O–H groups in total. The van der Waals surface area contributed by atoms with E-state index in [1.54, 1.807) is 0 Å². The van der Waals surface area contributed by atoms with Crippen LogP contribution in [0.15, 0.2) is 29.4 Å². The summed E-state index contributed by atoms with van der Waals surface area (Å²) in [5.41, 5.74) is 2.54. The summed E-state index contributed by atoms with van der Waals surface area (Å²) in [5, 5.41) is 3.95. The van der Waals surface area contributed by atoms with Gasteiger partial charge in [0.2, 0.25) is 0 Å². The van der Waals surface area contributed by atoms with E-state index in [2.05, 4.69) is 36.3 Å². The van der Waals surface area contributed by atoms with E-state index in [1.165, 1.54) is 24.0 Å². The summed E-state index contributed by atoms with van der Waals surface area (Å²) in [5.74, 6) is 0.687. The van der Waals surface area contributed by atoms with Crippen molar-refractivity contribution in [1.29, 1.82) is 0 Å². The molecule has 2 nitrogen and oxygen atoms in total. The Labute approximate surface area is 90.9 Å². The van der Waals surface area contributed by atoms with Crippen molar-refractivity contribution in [1.82, 2.24) is 0 Å². The molecule has 0 atom stereocenters. The highest BCUT2D eigenvalue weighted by Gasteiger charge is 2.18. The molecule has 1 saturated carbocycles. The van der Waals surface area contributed by atoms with Gasteiger partial charge in [0, 0.05) is 6.21 Å². The normalized spacial score (nSPS) is 15.8. The number of oxime groups is 1. The molecule has 2 heteroatoms. The fourth-order valence-electron chi connectivity index (χ4n) is 1.36. The molecule has 1 aliphatic carbocycles. The number of aryl methyl sites for hydroxylation is 1. The van der Waals surface area contributed by atoms with E-state index in [4.69, 9.17) is 4.84 Å². The lowest BCUT2D eigenvalue weighted by Gasteiger charge is -2.01. The molecule has 1 aromatic carbocycles. The maximum absolute atomic E-state index is 5.21. The van der Waals surface area contributed by atoms with Crippen LogP contribution in [-0.2, 0) is 17.9 Å². The minimum Gasteiger partial charge on any atom is -0.391 e.